The Morgan fingerprint density at radius 1 is 1.18 bits per heavy atom. The molecule has 0 fully saturated rings. The summed E-state index contributed by atoms with van der Waals surface area (Å²) < 4.78 is 0. The van der Waals surface area contributed by atoms with Crippen LogP contribution >= 0.6 is 0 Å². The van der Waals surface area contributed by atoms with E-state index in [0.717, 1.165) is 29.3 Å². The van der Waals surface area contributed by atoms with Gasteiger partial charge in [0.25, 0.3) is 0 Å². The maximum absolute atomic E-state index is 4.44. The van der Waals surface area contributed by atoms with Crippen LogP contribution in [0, 0.1) is 13.8 Å². The summed E-state index contributed by atoms with van der Waals surface area (Å²) in [5.41, 5.74) is 2.88. The number of aromatic nitrogens is 3. The molecule has 0 saturated carbocycles. The lowest BCUT2D eigenvalue weighted by atomic mass is 10.2. The van der Waals surface area contributed by atoms with E-state index < -0.39 is 0 Å². The second kappa shape index (κ2) is 4.91. The van der Waals surface area contributed by atoms with E-state index in [2.05, 4.69) is 20.3 Å². The molecule has 0 aliphatic carbocycles. The third-order valence-electron chi connectivity index (χ3n) is 2.35. The van der Waals surface area contributed by atoms with E-state index in [1.54, 1.807) is 0 Å². The smallest absolute Gasteiger partial charge is 0.180 e. The number of aryl methyl sites for hydroxylation is 2. The van der Waals surface area contributed by atoms with Crippen molar-refractivity contribution < 1.29 is 0 Å². The maximum Gasteiger partial charge on any atom is 0.180 e. The SMILES string of the molecule is CCNc1cc(C)nc(-c2ccc(C)cn2)n1. The summed E-state index contributed by atoms with van der Waals surface area (Å²) in [4.78, 5) is 13.2. The van der Waals surface area contributed by atoms with E-state index in [9.17, 15) is 0 Å². The van der Waals surface area contributed by atoms with Crippen LogP contribution in [0.15, 0.2) is 24.4 Å². The average Bonchev–Trinajstić information content (AvgIpc) is 2.29. The van der Waals surface area contributed by atoms with Crippen molar-refractivity contribution in [2.45, 2.75) is 20.8 Å². The molecule has 0 aromatic carbocycles. The van der Waals surface area contributed by atoms with Gasteiger partial charge in [0.1, 0.15) is 11.5 Å². The molecule has 0 bridgehead atoms. The zero-order chi connectivity index (χ0) is 12.3. The van der Waals surface area contributed by atoms with Gasteiger partial charge in [-0.15, -0.1) is 0 Å². The van der Waals surface area contributed by atoms with Crippen LogP contribution in [0.1, 0.15) is 18.2 Å². The molecule has 0 aliphatic heterocycles. The topological polar surface area (TPSA) is 50.7 Å². The molecule has 0 aliphatic rings. The van der Waals surface area contributed by atoms with E-state index >= 15 is 0 Å². The molecule has 0 unspecified atom stereocenters. The first-order chi connectivity index (χ1) is 8.19. The average molecular weight is 228 g/mol. The largest absolute Gasteiger partial charge is 0.370 e. The van der Waals surface area contributed by atoms with Gasteiger partial charge >= 0.3 is 0 Å². The summed E-state index contributed by atoms with van der Waals surface area (Å²) in [5, 5.41) is 3.19. The first-order valence-corrected chi connectivity index (χ1v) is 5.71. The van der Waals surface area contributed by atoms with Crippen LogP contribution < -0.4 is 5.32 Å². The van der Waals surface area contributed by atoms with Gasteiger partial charge < -0.3 is 5.32 Å². The van der Waals surface area contributed by atoms with Crippen LogP contribution in [-0.4, -0.2) is 21.5 Å². The summed E-state index contributed by atoms with van der Waals surface area (Å²) in [6, 6.07) is 5.89. The minimum atomic E-state index is 0.668. The molecule has 0 radical (unpaired) electrons. The minimum absolute atomic E-state index is 0.668. The Balaban J connectivity index is 2.40. The van der Waals surface area contributed by atoms with E-state index in [1.165, 1.54) is 0 Å². The fourth-order valence-corrected chi connectivity index (χ4v) is 1.55. The van der Waals surface area contributed by atoms with Crippen LogP contribution in [0.25, 0.3) is 11.5 Å². The van der Waals surface area contributed by atoms with Gasteiger partial charge in [0.2, 0.25) is 0 Å². The molecule has 17 heavy (non-hydrogen) atoms. The first kappa shape index (κ1) is 11.5. The van der Waals surface area contributed by atoms with Crippen molar-refractivity contribution in [3.8, 4) is 11.5 Å². The van der Waals surface area contributed by atoms with E-state index in [0.29, 0.717) is 5.82 Å². The summed E-state index contributed by atoms with van der Waals surface area (Å²) in [6.45, 7) is 6.86. The number of pyridine rings is 1. The molecule has 1 N–H and O–H groups in total. The molecular formula is C13H16N4. The second-order valence-corrected chi connectivity index (χ2v) is 3.97. The number of hydrogen-bond donors (Lipinski definition) is 1. The highest BCUT2D eigenvalue weighted by Gasteiger charge is 2.05. The highest BCUT2D eigenvalue weighted by Crippen LogP contribution is 2.15. The summed E-state index contributed by atoms with van der Waals surface area (Å²) in [6.07, 6.45) is 1.83. The Bertz CT molecular complexity index is 505. The van der Waals surface area contributed by atoms with Gasteiger partial charge in [-0.25, -0.2) is 9.97 Å². The predicted molar refractivity (Wildman–Crippen MR) is 68.9 cm³/mol. The number of nitrogens with one attached hydrogen (secondary N) is 1. The van der Waals surface area contributed by atoms with Crippen LogP contribution in [0.3, 0.4) is 0 Å². The Hall–Kier alpha value is -1.97. The summed E-state index contributed by atoms with van der Waals surface area (Å²) >= 11 is 0. The van der Waals surface area contributed by atoms with Crippen molar-refractivity contribution in [2.75, 3.05) is 11.9 Å². The lowest BCUT2D eigenvalue weighted by molar-refractivity contribution is 1.06. The molecule has 0 saturated heterocycles. The van der Waals surface area contributed by atoms with Crippen molar-refractivity contribution >= 4 is 5.82 Å². The number of nitrogens with zero attached hydrogens (tertiary/aromatic N) is 3. The van der Waals surface area contributed by atoms with Gasteiger partial charge in [-0.3, -0.25) is 4.98 Å². The molecular weight excluding hydrogens is 212 g/mol. The minimum Gasteiger partial charge on any atom is -0.370 e. The third kappa shape index (κ3) is 2.78. The highest BCUT2D eigenvalue weighted by molar-refractivity contribution is 5.53. The fourth-order valence-electron chi connectivity index (χ4n) is 1.55. The van der Waals surface area contributed by atoms with Crippen LogP contribution in [0.4, 0.5) is 5.82 Å². The lowest BCUT2D eigenvalue weighted by Gasteiger charge is -2.06. The second-order valence-electron chi connectivity index (χ2n) is 3.97. The molecule has 0 atom stereocenters. The molecule has 0 amide bonds. The molecule has 88 valence electrons. The monoisotopic (exact) mass is 228 g/mol. The summed E-state index contributed by atoms with van der Waals surface area (Å²) in [7, 11) is 0. The number of rotatable bonds is 3. The van der Waals surface area contributed by atoms with Crippen molar-refractivity contribution in [3.63, 3.8) is 0 Å². The van der Waals surface area contributed by atoms with Crippen molar-refractivity contribution in [1.29, 1.82) is 0 Å². The van der Waals surface area contributed by atoms with Gasteiger partial charge in [0.15, 0.2) is 5.82 Å². The van der Waals surface area contributed by atoms with Crippen LogP contribution in [-0.2, 0) is 0 Å². The molecule has 4 nitrogen and oxygen atoms in total. The highest BCUT2D eigenvalue weighted by atomic mass is 15.0. The summed E-state index contributed by atoms with van der Waals surface area (Å²) in [5.74, 6) is 1.51. The van der Waals surface area contributed by atoms with Crippen LogP contribution in [0.2, 0.25) is 0 Å². The fraction of sp³-hybridized carbons (Fsp3) is 0.308. The van der Waals surface area contributed by atoms with E-state index in [1.807, 2.05) is 45.2 Å². The van der Waals surface area contributed by atoms with Crippen molar-refractivity contribution in [1.82, 2.24) is 15.0 Å². The van der Waals surface area contributed by atoms with Gasteiger partial charge in [-0.2, -0.15) is 0 Å². The first-order valence-electron chi connectivity index (χ1n) is 5.71. The third-order valence-corrected chi connectivity index (χ3v) is 2.35. The lowest BCUT2D eigenvalue weighted by Crippen LogP contribution is -2.03. The molecule has 2 heterocycles. The Morgan fingerprint density at radius 2 is 2.00 bits per heavy atom. The standard InChI is InChI=1S/C13H16N4/c1-4-14-12-7-10(3)16-13(17-12)11-6-5-9(2)8-15-11/h5-8H,4H2,1-3H3,(H,14,16,17). The quantitative estimate of drug-likeness (QED) is 0.877. The normalized spacial score (nSPS) is 10.3. The van der Waals surface area contributed by atoms with Gasteiger partial charge in [-0.05, 0) is 32.4 Å². The molecule has 2 aromatic heterocycles. The number of hydrogen-bond acceptors (Lipinski definition) is 4. The predicted octanol–water partition coefficient (Wildman–Crippen LogP) is 2.59. The Kier molecular flexibility index (Phi) is 3.32. The van der Waals surface area contributed by atoms with Gasteiger partial charge in [0.05, 0.1) is 0 Å². The van der Waals surface area contributed by atoms with Crippen molar-refractivity contribution in [3.05, 3.63) is 35.7 Å². The van der Waals surface area contributed by atoms with Gasteiger partial charge in [-0.1, -0.05) is 6.07 Å². The Labute approximate surface area is 101 Å². The molecule has 0 spiro atoms. The zero-order valence-electron chi connectivity index (χ0n) is 10.4. The van der Waals surface area contributed by atoms with Gasteiger partial charge in [0, 0.05) is 24.5 Å². The zero-order valence-corrected chi connectivity index (χ0v) is 10.4. The molecule has 4 heteroatoms. The van der Waals surface area contributed by atoms with E-state index in [-0.39, 0.29) is 0 Å². The molecule has 2 aromatic rings. The Morgan fingerprint density at radius 3 is 2.65 bits per heavy atom. The number of anilines is 1. The molecule has 2 rings (SSSR count). The maximum atomic E-state index is 4.44. The van der Waals surface area contributed by atoms with Crippen LogP contribution in [0.5, 0.6) is 0 Å². The van der Waals surface area contributed by atoms with Crippen molar-refractivity contribution in [2.24, 2.45) is 0 Å². The van der Waals surface area contributed by atoms with E-state index in [4.69, 9.17) is 0 Å².